The van der Waals surface area contributed by atoms with Gasteiger partial charge >= 0.3 is 0 Å². The lowest BCUT2D eigenvalue weighted by atomic mass is 9.76. The zero-order valence-corrected chi connectivity index (χ0v) is 13.1. The van der Waals surface area contributed by atoms with Gasteiger partial charge in [0.05, 0.1) is 17.6 Å². The van der Waals surface area contributed by atoms with Crippen molar-refractivity contribution < 1.29 is 14.3 Å². The summed E-state index contributed by atoms with van der Waals surface area (Å²) in [6, 6.07) is 0. The molecule has 2 aliphatic heterocycles. The fourth-order valence-electron chi connectivity index (χ4n) is 3.99. The Balaban J connectivity index is 1.47. The molecule has 124 valence electrons. The van der Waals surface area contributed by atoms with E-state index in [1.54, 1.807) is 0 Å². The lowest BCUT2D eigenvalue weighted by Crippen LogP contribution is -2.60. The van der Waals surface area contributed by atoms with Crippen LogP contribution in [-0.4, -0.2) is 48.1 Å². The highest BCUT2D eigenvalue weighted by Crippen LogP contribution is 2.34. The molecule has 6 nitrogen and oxygen atoms in total. The van der Waals surface area contributed by atoms with Gasteiger partial charge in [0, 0.05) is 19.7 Å². The number of piperidine rings is 1. The molecular weight excluding hydrogens is 282 g/mol. The first-order chi connectivity index (χ1) is 10.5. The van der Waals surface area contributed by atoms with Crippen molar-refractivity contribution in [3.05, 3.63) is 0 Å². The summed E-state index contributed by atoms with van der Waals surface area (Å²) in [5.41, 5.74) is 11.0. The van der Waals surface area contributed by atoms with E-state index in [1.807, 2.05) is 4.90 Å². The third kappa shape index (κ3) is 2.99. The zero-order valence-electron chi connectivity index (χ0n) is 13.1. The molecular formula is C16H27N3O3. The Kier molecular flexibility index (Phi) is 4.41. The van der Waals surface area contributed by atoms with E-state index in [0.717, 1.165) is 58.0 Å². The third-order valence-electron chi connectivity index (χ3n) is 5.71. The lowest BCUT2D eigenvalue weighted by molar-refractivity contribution is -0.141. The van der Waals surface area contributed by atoms with Crippen molar-refractivity contribution in [1.29, 1.82) is 0 Å². The largest absolute Gasteiger partial charge is 0.377 e. The van der Waals surface area contributed by atoms with E-state index in [-0.39, 0.29) is 23.8 Å². The molecule has 2 atom stereocenters. The molecule has 0 aromatic heterocycles. The van der Waals surface area contributed by atoms with Crippen LogP contribution in [0.3, 0.4) is 0 Å². The van der Waals surface area contributed by atoms with Crippen molar-refractivity contribution in [2.24, 2.45) is 23.3 Å². The molecule has 1 aliphatic carbocycles. The predicted molar refractivity (Wildman–Crippen MR) is 81.7 cm³/mol. The van der Waals surface area contributed by atoms with Crippen LogP contribution in [0.4, 0.5) is 0 Å². The van der Waals surface area contributed by atoms with Crippen molar-refractivity contribution >= 4 is 11.8 Å². The van der Waals surface area contributed by atoms with Crippen molar-refractivity contribution in [3.63, 3.8) is 0 Å². The first-order valence-electron chi connectivity index (χ1n) is 8.49. The number of nitrogens with zero attached hydrogens (tertiary/aromatic N) is 1. The Morgan fingerprint density at radius 3 is 2.41 bits per heavy atom. The van der Waals surface area contributed by atoms with Crippen LogP contribution in [0.25, 0.3) is 0 Å². The quantitative estimate of drug-likeness (QED) is 0.784. The highest BCUT2D eigenvalue weighted by atomic mass is 16.5. The van der Waals surface area contributed by atoms with E-state index < -0.39 is 5.54 Å². The molecule has 0 aromatic rings. The lowest BCUT2D eigenvalue weighted by Gasteiger charge is -2.43. The van der Waals surface area contributed by atoms with Crippen LogP contribution >= 0.6 is 0 Å². The first-order valence-corrected chi connectivity index (χ1v) is 8.49. The summed E-state index contributed by atoms with van der Waals surface area (Å²) in [4.78, 5) is 25.8. The molecule has 0 spiro atoms. The van der Waals surface area contributed by atoms with Crippen LogP contribution in [0.15, 0.2) is 0 Å². The van der Waals surface area contributed by atoms with Gasteiger partial charge in [0.2, 0.25) is 11.8 Å². The van der Waals surface area contributed by atoms with Gasteiger partial charge in [0.25, 0.3) is 0 Å². The monoisotopic (exact) mass is 309 g/mol. The SMILES string of the molecule is NC(=O)[C@@H]1CCO[C@@H]1CC1CCN(C(=O)C2(N)CCC2)CC1. The van der Waals surface area contributed by atoms with Gasteiger partial charge in [-0.15, -0.1) is 0 Å². The molecule has 3 aliphatic rings. The maximum Gasteiger partial charge on any atom is 0.242 e. The summed E-state index contributed by atoms with van der Waals surface area (Å²) in [6.45, 7) is 2.18. The van der Waals surface area contributed by atoms with Crippen LogP contribution in [0.2, 0.25) is 0 Å². The minimum atomic E-state index is -0.585. The van der Waals surface area contributed by atoms with E-state index in [2.05, 4.69) is 0 Å². The van der Waals surface area contributed by atoms with Crippen LogP contribution < -0.4 is 11.5 Å². The average molecular weight is 309 g/mol. The third-order valence-corrected chi connectivity index (χ3v) is 5.71. The van der Waals surface area contributed by atoms with Gasteiger partial charge in [-0.25, -0.2) is 0 Å². The van der Waals surface area contributed by atoms with Gasteiger partial charge in [0.15, 0.2) is 0 Å². The van der Waals surface area contributed by atoms with Crippen LogP contribution in [-0.2, 0) is 14.3 Å². The maximum absolute atomic E-state index is 12.4. The molecule has 4 N–H and O–H groups in total. The molecule has 2 amide bonds. The fourth-order valence-corrected chi connectivity index (χ4v) is 3.99. The number of hydrogen-bond donors (Lipinski definition) is 2. The van der Waals surface area contributed by atoms with E-state index >= 15 is 0 Å². The molecule has 0 unspecified atom stereocenters. The predicted octanol–water partition coefficient (Wildman–Crippen LogP) is 0.387. The molecule has 0 radical (unpaired) electrons. The van der Waals surface area contributed by atoms with Gasteiger partial charge in [0.1, 0.15) is 0 Å². The van der Waals surface area contributed by atoms with Crippen LogP contribution in [0, 0.1) is 11.8 Å². The molecule has 0 bridgehead atoms. The van der Waals surface area contributed by atoms with Crippen molar-refractivity contribution in [2.75, 3.05) is 19.7 Å². The Morgan fingerprint density at radius 2 is 1.86 bits per heavy atom. The summed E-state index contributed by atoms with van der Waals surface area (Å²) < 4.78 is 5.68. The molecule has 2 heterocycles. The normalized spacial score (nSPS) is 31.8. The molecule has 2 saturated heterocycles. The van der Waals surface area contributed by atoms with E-state index in [1.165, 1.54) is 0 Å². The number of ether oxygens (including phenoxy) is 1. The number of rotatable bonds is 4. The number of hydrogen-bond acceptors (Lipinski definition) is 4. The molecule has 1 saturated carbocycles. The Morgan fingerprint density at radius 1 is 1.18 bits per heavy atom. The topological polar surface area (TPSA) is 98.7 Å². The second kappa shape index (κ2) is 6.16. The molecule has 3 rings (SSSR count). The van der Waals surface area contributed by atoms with Gasteiger partial charge in [-0.3, -0.25) is 9.59 Å². The summed E-state index contributed by atoms with van der Waals surface area (Å²) in [6.07, 6.45) is 6.23. The minimum Gasteiger partial charge on any atom is -0.377 e. The zero-order chi connectivity index (χ0) is 15.7. The highest BCUT2D eigenvalue weighted by molar-refractivity contribution is 5.87. The number of primary amides is 1. The van der Waals surface area contributed by atoms with Crippen molar-refractivity contribution in [2.45, 2.75) is 56.6 Å². The number of likely N-dealkylation sites (tertiary alicyclic amines) is 1. The van der Waals surface area contributed by atoms with E-state index in [9.17, 15) is 9.59 Å². The van der Waals surface area contributed by atoms with Crippen molar-refractivity contribution in [1.82, 2.24) is 4.90 Å². The Labute approximate surface area is 131 Å². The number of carbonyl (C=O) groups is 2. The standard InChI is InChI=1S/C16H27N3O3/c17-14(20)12-4-9-22-13(12)10-11-2-7-19(8-3-11)15(21)16(18)5-1-6-16/h11-13H,1-10,18H2,(H2,17,20)/t12-,13-/m1/s1. The summed E-state index contributed by atoms with van der Waals surface area (Å²) >= 11 is 0. The molecule has 6 heteroatoms. The second-order valence-electron chi connectivity index (χ2n) is 7.19. The van der Waals surface area contributed by atoms with E-state index in [0.29, 0.717) is 12.5 Å². The van der Waals surface area contributed by atoms with Gasteiger partial charge in [-0.1, -0.05) is 0 Å². The first kappa shape index (κ1) is 15.7. The average Bonchev–Trinajstić information content (AvgIpc) is 2.93. The Hall–Kier alpha value is -1.14. The number of carbonyl (C=O) groups excluding carboxylic acids is 2. The van der Waals surface area contributed by atoms with Gasteiger partial charge < -0.3 is 21.1 Å². The fraction of sp³-hybridized carbons (Fsp3) is 0.875. The number of amides is 2. The van der Waals surface area contributed by atoms with E-state index in [4.69, 9.17) is 16.2 Å². The molecule has 22 heavy (non-hydrogen) atoms. The maximum atomic E-state index is 12.4. The minimum absolute atomic E-state index is 0.0303. The summed E-state index contributed by atoms with van der Waals surface area (Å²) in [5, 5.41) is 0. The summed E-state index contributed by atoms with van der Waals surface area (Å²) in [5.74, 6) is 0.251. The molecule has 0 aromatic carbocycles. The van der Waals surface area contributed by atoms with Gasteiger partial charge in [-0.05, 0) is 50.9 Å². The van der Waals surface area contributed by atoms with Crippen LogP contribution in [0.5, 0.6) is 0 Å². The molecule has 3 fully saturated rings. The number of nitrogens with two attached hydrogens (primary N) is 2. The van der Waals surface area contributed by atoms with Crippen molar-refractivity contribution in [3.8, 4) is 0 Å². The van der Waals surface area contributed by atoms with Crippen LogP contribution in [0.1, 0.15) is 44.9 Å². The highest BCUT2D eigenvalue weighted by Gasteiger charge is 2.43. The smallest absolute Gasteiger partial charge is 0.242 e. The second-order valence-corrected chi connectivity index (χ2v) is 7.19. The summed E-state index contributed by atoms with van der Waals surface area (Å²) in [7, 11) is 0. The van der Waals surface area contributed by atoms with Gasteiger partial charge in [-0.2, -0.15) is 0 Å². The Bertz CT molecular complexity index is 442.